The van der Waals surface area contributed by atoms with Gasteiger partial charge in [0.1, 0.15) is 11.4 Å². The maximum Gasteiger partial charge on any atom is 0.272 e. The Labute approximate surface area is 181 Å². The van der Waals surface area contributed by atoms with Gasteiger partial charge in [0.2, 0.25) is 0 Å². The zero-order chi connectivity index (χ0) is 21.4. The Morgan fingerprint density at radius 1 is 1.03 bits per heavy atom. The number of ether oxygens (including phenoxy) is 1. The van der Waals surface area contributed by atoms with Crippen LogP contribution in [0.25, 0.3) is 11.3 Å². The number of benzene rings is 1. The van der Waals surface area contributed by atoms with Gasteiger partial charge in [-0.2, -0.15) is 10.2 Å². The third-order valence-corrected chi connectivity index (χ3v) is 6.02. The van der Waals surface area contributed by atoms with Crippen molar-refractivity contribution in [2.75, 3.05) is 38.2 Å². The molecule has 2 fully saturated rings. The van der Waals surface area contributed by atoms with Gasteiger partial charge in [0, 0.05) is 44.7 Å². The van der Waals surface area contributed by atoms with E-state index in [1.54, 1.807) is 11.8 Å². The van der Waals surface area contributed by atoms with Crippen molar-refractivity contribution in [3.63, 3.8) is 0 Å². The lowest BCUT2D eigenvalue weighted by Crippen LogP contribution is -2.49. The number of hydrogen-bond donors (Lipinski definition) is 0. The Bertz CT molecular complexity index is 1080. The normalized spacial score (nSPS) is 16.5. The molecule has 1 aliphatic heterocycles. The van der Waals surface area contributed by atoms with E-state index in [-0.39, 0.29) is 5.91 Å². The van der Waals surface area contributed by atoms with Crippen LogP contribution in [0.5, 0.6) is 5.75 Å². The van der Waals surface area contributed by atoms with Crippen LogP contribution >= 0.6 is 0 Å². The Hall–Kier alpha value is -3.42. The van der Waals surface area contributed by atoms with Crippen LogP contribution in [-0.4, -0.2) is 64.1 Å². The van der Waals surface area contributed by atoms with Gasteiger partial charge in [0.05, 0.1) is 18.5 Å². The van der Waals surface area contributed by atoms with Gasteiger partial charge in [-0.05, 0) is 43.2 Å². The Balaban J connectivity index is 1.25. The van der Waals surface area contributed by atoms with Crippen molar-refractivity contribution in [3.05, 3.63) is 53.9 Å². The van der Waals surface area contributed by atoms with Crippen LogP contribution in [0.3, 0.4) is 0 Å². The summed E-state index contributed by atoms with van der Waals surface area (Å²) in [5, 5.41) is 13.3. The molecule has 31 heavy (non-hydrogen) atoms. The second kappa shape index (κ2) is 8.02. The Morgan fingerprint density at radius 2 is 1.84 bits per heavy atom. The molecule has 2 aromatic heterocycles. The predicted octanol–water partition coefficient (Wildman–Crippen LogP) is 2.73. The predicted molar refractivity (Wildman–Crippen MR) is 117 cm³/mol. The summed E-state index contributed by atoms with van der Waals surface area (Å²) < 4.78 is 6.96. The lowest BCUT2D eigenvalue weighted by Gasteiger charge is -2.35. The highest BCUT2D eigenvalue weighted by Gasteiger charge is 2.27. The SMILES string of the molecule is COc1cccc(-c2cc(C(=O)N3CCN(c4ccc(C5CC5)nn4)CC3)n(C)n2)c1. The minimum atomic E-state index is -0.000961. The molecule has 3 aromatic rings. The highest BCUT2D eigenvalue weighted by atomic mass is 16.5. The summed E-state index contributed by atoms with van der Waals surface area (Å²) in [6, 6.07) is 13.7. The van der Waals surface area contributed by atoms with E-state index in [1.807, 2.05) is 42.3 Å². The van der Waals surface area contributed by atoms with Crippen molar-refractivity contribution >= 4 is 11.7 Å². The molecule has 0 N–H and O–H groups in total. The van der Waals surface area contributed by atoms with E-state index in [0.29, 0.717) is 24.7 Å². The Kier molecular flexibility index (Phi) is 5.05. The maximum absolute atomic E-state index is 13.2. The highest BCUT2D eigenvalue weighted by Crippen LogP contribution is 2.38. The van der Waals surface area contributed by atoms with Crippen LogP contribution in [-0.2, 0) is 7.05 Å². The van der Waals surface area contributed by atoms with Crippen molar-refractivity contribution in [3.8, 4) is 17.0 Å². The lowest BCUT2D eigenvalue weighted by molar-refractivity contribution is 0.0735. The molecule has 0 atom stereocenters. The average molecular weight is 419 g/mol. The van der Waals surface area contributed by atoms with E-state index < -0.39 is 0 Å². The topological polar surface area (TPSA) is 76.4 Å². The quantitative estimate of drug-likeness (QED) is 0.634. The summed E-state index contributed by atoms with van der Waals surface area (Å²) in [5.74, 6) is 2.26. The molecule has 1 saturated carbocycles. The third-order valence-electron chi connectivity index (χ3n) is 6.02. The number of carbonyl (C=O) groups excluding carboxylic acids is 1. The first-order chi connectivity index (χ1) is 15.1. The first-order valence-electron chi connectivity index (χ1n) is 10.7. The number of amides is 1. The molecular weight excluding hydrogens is 392 g/mol. The van der Waals surface area contributed by atoms with Crippen molar-refractivity contribution in [2.45, 2.75) is 18.8 Å². The standard InChI is InChI=1S/C23H26N6O2/c1-27-21(15-20(26-27)17-4-3-5-18(14-17)31-2)23(30)29-12-10-28(11-13-29)22-9-8-19(24-25-22)16-6-7-16/h3-5,8-9,14-16H,6-7,10-13H2,1-2H3. The van der Waals surface area contributed by atoms with Gasteiger partial charge in [-0.1, -0.05) is 12.1 Å². The van der Waals surface area contributed by atoms with Crippen LogP contribution in [0.15, 0.2) is 42.5 Å². The van der Waals surface area contributed by atoms with Gasteiger partial charge in [0.15, 0.2) is 5.82 Å². The second-order valence-electron chi connectivity index (χ2n) is 8.14. The van der Waals surface area contributed by atoms with Gasteiger partial charge in [0.25, 0.3) is 5.91 Å². The van der Waals surface area contributed by atoms with Crippen molar-refractivity contribution in [1.82, 2.24) is 24.9 Å². The zero-order valence-corrected chi connectivity index (χ0v) is 17.9. The molecule has 1 saturated heterocycles. The molecule has 160 valence electrons. The summed E-state index contributed by atoms with van der Waals surface area (Å²) >= 11 is 0. The van der Waals surface area contributed by atoms with E-state index in [2.05, 4.69) is 32.3 Å². The van der Waals surface area contributed by atoms with Crippen LogP contribution in [0.2, 0.25) is 0 Å². The van der Waals surface area contributed by atoms with Gasteiger partial charge in [-0.3, -0.25) is 9.48 Å². The molecule has 5 rings (SSSR count). The van der Waals surface area contributed by atoms with E-state index in [9.17, 15) is 4.79 Å². The minimum absolute atomic E-state index is 0.000961. The van der Waals surface area contributed by atoms with Gasteiger partial charge in [-0.15, -0.1) is 5.10 Å². The molecular formula is C23H26N6O2. The van der Waals surface area contributed by atoms with E-state index >= 15 is 0 Å². The van der Waals surface area contributed by atoms with Crippen LogP contribution in [0.4, 0.5) is 5.82 Å². The van der Waals surface area contributed by atoms with E-state index in [0.717, 1.165) is 41.6 Å². The monoisotopic (exact) mass is 418 g/mol. The fourth-order valence-corrected chi connectivity index (χ4v) is 3.99. The largest absolute Gasteiger partial charge is 0.497 e. The first kappa shape index (κ1) is 19.5. The summed E-state index contributed by atoms with van der Waals surface area (Å²) in [6.07, 6.45) is 2.45. The number of aryl methyl sites for hydroxylation is 1. The number of aromatic nitrogens is 4. The molecule has 1 aliphatic carbocycles. The van der Waals surface area contributed by atoms with Crippen molar-refractivity contribution < 1.29 is 9.53 Å². The fraction of sp³-hybridized carbons (Fsp3) is 0.391. The maximum atomic E-state index is 13.2. The van der Waals surface area contributed by atoms with Crippen molar-refractivity contribution in [1.29, 1.82) is 0 Å². The highest BCUT2D eigenvalue weighted by molar-refractivity contribution is 5.94. The second-order valence-corrected chi connectivity index (χ2v) is 8.14. The summed E-state index contributed by atoms with van der Waals surface area (Å²) in [7, 11) is 3.45. The number of anilines is 1. The minimum Gasteiger partial charge on any atom is -0.497 e. The molecule has 8 heteroatoms. The molecule has 0 radical (unpaired) electrons. The lowest BCUT2D eigenvalue weighted by atomic mass is 10.1. The average Bonchev–Trinajstić information content (AvgIpc) is 3.60. The van der Waals surface area contributed by atoms with Crippen LogP contribution < -0.4 is 9.64 Å². The number of hydrogen-bond acceptors (Lipinski definition) is 6. The fourth-order valence-electron chi connectivity index (χ4n) is 3.99. The van der Waals surface area contributed by atoms with Gasteiger partial charge >= 0.3 is 0 Å². The van der Waals surface area contributed by atoms with E-state index in [1.165, 1.54) is 12.8 Å². The third kappa shape index (κ3) is 3.97. The molecule has 1 aromatic carbocycles. The number of piperazine rings is 1. The van der Waals surface area contributed by atoms with Crippen LogP contribution in [0, 0.1) is 0 Å². The van der Waals surface area contributed by atoms with Crippen molar-refractivity contribution in [2.24, 2.45) is 7.05 Å². The molecule has 0 unspecified atom stereocenters. The summed E-state index contributed by atoms with van der Waals surface area (Å²) in [5.41, 5.74) is 3.36. The van der Waals surface area contributed by atoms with Gasteiger partial charge < -0.3 is 14.5 Å². The number of carbonyl (C=O) groups is 1. The molecule has 0 spiro atoms. The summed E-state index contributed by atoms with van der Waals surface area (Å²) in [6.45, 7) is 2.77. The number of nitrogens with zero attached hydrogens (tertiary/aromatic N) is 6. The molecule has 2 aliphatic rings. The van der Waals surface area contributed by atoms with E-state index in [4.69, 9.17) is 4.74 Å². The zero-order valence-electron chi connectivity index (χ0n) is 17.9. The van der Waals surface area contributed by atoms with Crippen LogP contribution in [0.1, 0.15) is 34.9 Å². The summed E-state index contributed by atoms with van der Waals surface area (Å²) in [4.78, 5) is 17.2. The Morgan fingerprint density at radius 3 is 2.52 bits per heavy atom. The smallest absolute Gasteiger partial charge is 0.272 e. The number of methoxy groups -OCH3 is 1. The first-order valence-corrected chi connectivity index (χ1v) is 10.7. The molecule has 8 nitrogen and oxygen atoms in total. The van der Waals surface area contributed by atoms with Gasteiger partial charge in [-0.25, -0.2) is 0 Å². The molecule has 0 bridgehead atoms. The molecule has 1 amide bonds. The molecule has 3 heterocycles. The number of rotatable bonds is 5.